The van der Waals surface area contributed by atoms with Gasteiger partial charge in [0.25, 0.3) is 5.91 Å². The highest BCUT2D eigenvalue weighted by Crippen LogP contribution is 1.94. The number of methoxy groups -OCH3 is 1. The SMILES string of the molecule is COC(=O)CCN(N)C(=O)C=C(C)C. The lowest BCUT2D eigenvalue weighted by Gasteiger charge is -2.13. The maximum absolute atomic E-state index is 11.2. The molecule has 2 N–H and O–H groups in total. The minimum Gasteiger partial charge on any atom is -0.469 e. The van der Waals surface area contributed by atoms with Crippen molar-refractivity contribution in [2.24, 2.45) is 5.84 Å². The summed E-state index contributed by atoms with van der Waals surface area (Å²) in [5.74, 6) is 4.70. The Morgan fingerprint density at radius 3 is 2.43 bits per heavy atom. The average molecular weight is 200 g/mol. The van der Waals surface area contributed by atoms with Gasteiger partial charge in [-0.25, -0.2) is 5.84 Å². The topological polar surface area (TPSA) is 72.6 Å². The molecule has 0 aliphatic rings. The van der Waals surface area contributed by atoms with E-state index in [-0.39, 0.29) is 24.8 Å². The Hall–Kier alpha value is -1.36. The summed E-state index contributed by atoms with van der Waals surface area (Å²) in [6.45, 7) is 3.76. The second-order valence-electron chi connectivity index (χ2n) is 3.08. The van der Waals surface area contributed by atoms with E-state index in [1.54, 1.807) is 13.8 Å². The molecule has 1 amide bonds. The van der Waals surface area contributed by atoms with E-state index in [4.69, 9.17) is 5.84 Å². The molecule has 0 aliphatic carbocycles. The number of nitrogens with zero attached hydrogens (tertiary/aromatic N) is 1. The summed E-state index contributed by atoms with van der Waals surface area (Å²) in [4.78, 5) is 22.0. The van der Waals surface area contributed by atoms with Gasteiger partial charge in [0, 0.05) is 12.6 Å². The van der Waals surface area contributed by atoms with E-state index in [1.807, 2.05) is 0 Å². The molecule has 0 rings (SSSR count). The highest BCUT2D eigenvalue weighted by molar-refractivity contribution is 5.87. The van der Waals surface area contributed by atoms with Gasteiger partial charge in [-0.05, 0) is 13.8 Å². The van der Waals surface area contributed by atoms with E-state index in [1.165, 1.54) is 13.2 Å². The number of rotatable bonds is 4. The van der Waals surface area contributed by atoms with Gasteiger partial charge in [-0.3, -0.25) is 14.6 Å². The fraction of sp³-hybridized carbons (Fsp3) is 0.556. The molecule has 0 saturated heterocycles. The lowest BCUT2D eigenvalue weighted by molar-refractivity contribution is -0.141. The average Bonchev–Trinajstić information content (AvgIpc) is 2.12. The molecule has 0 aliphatic heterocycles. The van der Waals surface area contributed by atoms with Crippen LogP contribution >= 0.6 is 0 Å². The fourth-order valence-corrected chi connectivity index (χ4v) is 0.754. The maximum Gasteiger partial charge on any atom is 0.307 e. The van der Waals surface area contributed by atoms with Gasteiger partial charge in [0.15, 0.2) is 0 Å². The first-order valence-corrected chi connectivity index (χ1v) is 4.25. The molecule has 14 heavy (non-hydrogen) atoms. The van der Waals surface area contributed by atoms with Crippen LogP contribution in [0.25, 0.3) is 0 Å². The van der Waals surface area contributed by atoms with E-state index in [0.29, 0.717) is 0 Å². The van der Waals surface area contributed by atoms with Gasteiger partial charge in [0.2, 0.25) is 0 Å². The number of hydrogen-bond donors (Lipinski definition) is 1. The van der Waals surface area contributed by atoms with Gasteiger partial charge >= 0.3 is 5.97 Å². The van der Waals surface area contributed by atoms with Crippen LogP contribution in [0.4, 0.5) is 0 Å². The molecule has 0 atom stereocenters. The molecule has 5 heteroatoms. The molecule has 0 spiro atoms. The molecule has 0 unspecified atom stereocenters. The zero-order valence-corrected chi connectivity index (χ0v) is 8.74. The molecule has 0 saturated carbocycles. The molecule has 0 radical (unpaired) electrons. The third-order valence-corrected chi connectivity index (χ3v) is 1.48. The first-order valence-electron chi connectivity index (χ1n) is 4.25. The van der Waals surface area contributed by atoms with Gasteiger partial charge in [-0.2, -0.15) is 0 Å². The molecule has 0 aromatic heterocycles. The molecular weight excluding hydrogens is 184 g/mol. The minimum atomic E-state index is -0.384. The largest absolute Gasteiger partial charge is 0.469 e. The number of hydrazine groups is 1. The second kappa shape index (κ2) is 6.15. The smallest absolute Gasteiger partial charge is 0.307 e. The Bertz CT molecular complexity index is 244. The molecule has 0 heterocycles. The van der Waals surface area contributed by atoms with E-state index in [0.717, 1.165) is 10.6 Å². The molecule has 0 aromatic carbocycles. The van der Waals surface area contributed by atoms with Crippen molar-refractivity contribution in [1.82, 2.24) is 5.01 Å². The summed E-state index contributed by atoms with van der Waals surface area (Å²) >= 11 is 0. The predicted molar refractivity (Wildman–Crippen MR) is 52.0 cm³/mol. The van der Waals surface area contributed by atoms with Crippen molar-refractivity contribution < 1.29 is 14.3 Å². The Kier molecular flexibility index (Phi) is 5.55. The lowest BCUT2D eigenvalue weighted by Crippen LogP contribution is -2.38. The summed E-state index contributed by atoms with van der Waals surface area (Å²) < 4.78 is 4.41. The Morgan fingerprint density at radius 1 is 1.43 bits per heavy atom. The van der Waals surface area contributed by atoms with Gasteiger partial charge in [0.1, 0.15) is 0 Å². The highest BCUT2D eigenvalue weighted by atomic mass is 16.5. The number of esters is 1. The van der Waals surface area contributed by atoms with Crippen molar-refractivity contribution in [3.05, 3.63) is 11.6 Å². The van der Waals surface area contributed by atoms with E-state index in [2.05, 4.69) is 4.74 Å². The Balaban J connectivity index is 3.97. The van der Waals surface area contributed by atoms with Crippen LogP contribution in [0.1, 0.15) is 20.3 Å². The number of allylic oxidation sites excluding steroid dienone is 1. The van der Waals surface area contributed by atoms with E-state index >= 15 is 0 Å². The summed E-state index contributed by atoms with van der Waals surface area (Å²) in [5, 5.41) is 0.990. The number of nitrogens with two attached hydrogens (primary N) is 1. The number of amides is 1. The van der Waals surface area contributed by atoms with Crippen LogP contribution in [-0.2, 0) is 14.3 Å². The van der Waals surface area contributed by atoms with Crippen molar-refractivity contribution >= 4 is 11.9 Å². The van der Waals surface area contributed by atoms with E-state index < -0.39 is 0 Å². The first-order chi connectivity index (χ1) is 6.47. The summed E-state index contributed by atoms with van der Waals surface area (Å²) in [7, 11) is 1.29. The van der Waals surface area contributed by atoms with Crippen molar-refractivity contribution in [3.8, 4) is 0 Å². The standard InChI is InChI=1S/C9H16N2O3/c1-7(2)6-8(12)11(10)5-4-9(13)14-3/h6H,4-5,10H2,1-3H3. The van der Waals surface area contributed by atoms with Crippen LogP contribution in [0, 0.1) is 0 Å². The normalized spacial score (nSPS) is 9.14. The number of ether oxygens (including phenoxy) is 1. The maximum atomic E-state index is 11.2. The molecule has 5 nitrogen and oxygen atoms in total. The van der Waals surface area contributed by atoms with E-state index in [9.17, 15) is 9.59 Å². The molecule has 0 fully saturated rings. The van der Waals surface area contributed by atoms with Crippen LogP contribution in [0.3, 0.4) is 0 Å². The zero-order chi connectivity index (χ0) is 11.1. The van der Waals surface area contributed by atoms with Crippen LogP contribution in [0.15, 0.2) is 11.6 Å². The second-order valence-corrected chi connectivity index (χ2v) is 3.08. The van der Waals surface area contributed by atoms with Crippen LogP contribution < -0.4 is 5.84 Å². The summed E-state index contributed by atoms with van der Waals surface area (Å²) in [5.41, 5.74) is 0.864. The van der Waals surface area contributed by atoms with Gasteiger partial charge in [0.05, 0.1) is 13.5 Å². The lowest BCUT2D eigenvalue weighted by atomic mass is 10.3. The van der Waals surface area contributed by atoms with Crippen molar-refractivity contribution in [1.29, 1.82) is 0 Å². The van der Waals surface area contributed by atoms with Crippen molar-refractivity contribution in [2.45, 2.75) is 20.3 Å². The van der Waals surface area contributed by atoms with Gasteiger partial charge in [-0.1, -0.05) is 5.57 Å². The quantitative estimate of drug-likeness (QED) is 0.231. The van der Waals surface area contributed by atoms with Crippen molar-refractivity contribution in [2.75, 3.05) is 13.7 Å². The van der Waals surface area contributed by atoms with Crippen LogP contribution in [0.5, 0.6) is 0 Å². The monoisotopic (exact) mass is 200 g/mol. The minimum absolute atomic E-state index is 0.106. The summed E-state index contributed by atoms with van der Waals surface area (Å²) in [6, 6.07) is 0. The van der Waals surface area contributed by atoms with Gasteiger partial charge < -0.3 is 4.74 Å². The van der Waals surface area contributed by atoms with Crippen molar-refractivity contribution in [3.63, 3.8) is 0 Å². The third-order valence-electron chi connectivity index (χ3n) is 1.48. The third kappa shape index (κ3) is 5.31. The molecule has 0 aromatic rings. The molecular formula is C9H16N2O3. The van der Waals surface area contributed by atoms with Crippen LogP contribution in [-0.4, -0.2) is 30.5 Å². The first kappa shape index (κ1) is 12.6. The molecule has 80 valence electrons. The van der Waals surface area contributed by atoms with Gasteiger partial charge in [-0.15, -0.1) is 0 Å². The zero-order valence-electron chi connectivity index (χ0n) is 8.74. The predicted octanol–water partition coefficient (Wildman–Crippen LogP) is 0.218. The fourth-order valence-electron chi connectivity index (χ4n) is 0.754. The Labute approximate surface area is 83.5 Å². The molecule has 0 bridgehead atoms. The number of carbonyl (C=O) groups excluding carboxylic acids is 2. The summed E-state index contributed by atoms with van der Waals surface area (Å²) in [6.07, 6.45) is 1.52. The number of carbonyl (C=O) groups is 2. The highest BCUT2D eigenvalue weighted by Gasteiger charge is 2.08. The van der Waals surface area contributed by atoms with Crippen LogP contribution in [0.2, 0.25) is 0 Å². The Morgan fingerprint density at radius 2 is 2.00 bits per heavy atom. The number of hydrogen-bond acceptors (Lipinski definition) is 4.